The largest absolute Gasteiger partial charge is 0.0842 e. The van der Waals surface area contributed by atoms with E-state index in [0.717, 1.165) is 8.58 Å². The second kappa shape index (κ2) is 5.02. The molecule has 2 aromatic carbocycles. The van der Waals surface area contributed by atoms with Crippen molar-refractivity contribution < 1.29 is 0 Å². The van der Waals surface area contributed by atoms with Crippen LogP contribution in [0.25, 0.3) is 10.8 Å². The predicted octanol–water partition coefficient (Wildman–Crippen LogP) is 3.56. The van der Waals surface area contributed by atoms with Crippen molar-refractivity contribution in [2.75, 3.05) is 0 Å². The lowest BCUT2D eigenvalue weighted by Crippen LogP contribution is -2.11. The molecule has 16 heavy (non-hydrogen) atoms. The minimum absolute atomic E-state index is 0. The zero-order valence-corrected chi connectivity index (χ0v) is 11.1. The normalized spacial score (nSPS) is 11.9. The highest BCUT2D eigenvalue weighted by atomic mass is 31.1. The van der Waals surface area contributed by atoms with Gasteiger partial charge in [-0.3, -0.25) is 0 Å². The first kappa shape index (κ1) is 13.3. The van der Waals surface area contributed by atoms with Gasteiger partial charge in [0.05, 0.1) is 0 Å². The summed E-state index contributed by atoms with van der Waals surface area (Å²) in [6.07, 6.45) is 0. The van der Waals surface area contributed by atoms with Gasteiger partial charge in [-0.2, -0.15) is 0 Å². The minimum Gasteiger partial charge on any atom is -0.0842 e. The average molecular weight is 227 g/mol. The molecule has 1 atom stereocenters. The molecule has 81 valence electrons. The van der Waals surface area contributed by atoms with Crippen LogP contribution in [-0.2, 0) is 0 Å². The monoisotopic (exact) mass is 227 g/mol. The molecule has 0 bridgehead atoms. The van der Waals surface area contributed by atoms with E-state index in [1.54, 1.807) is 0 Å². The Balaban J connectivity index is 0.00000128. The van der Waals surface area contributed by atoms with E-state index in [9.17, 15) is 0 Å². The van der Waals surface area contributed by atoms with Crippen LogP contribution in [0, 0.1) is 0 Å². The molecular weight excluding hydrogens is 210 g/mol. The number of fused-ring (bicyclic) bond motifs is 1. The van der Waals surface area contributed by atoms with E-state index >= 15 is 0 Å². The van der Waals surface area contributed by atoms with E-state index in [1.165, 1.54) is 16.1 Å². The second-order valence-electron chi connectivity index (χ2n) is 4.90. The van der Waals surface area contributed by atoms with Gasteiger partial charge in [0, 0.05) is 8.41 Å². The highest BCUT2D eigenvalue weighted by Gasteiger charge is 2.12. The lowest BCUT2D eigenvalue weighted by molar-refractivity contribution is 0.799. The molecule has 2 heteroatoms. The molecule has 0 aliphatic rings. The van der Waals surface area contributed by atoms with E-state index in [-0.39, 0.29) is 8.41 Å². The lowest BCUT2D eigenvalue weighted by Gasteiger charge is -2.19. The summed E-state index contributed by atoms with van der Waals surface area (Å²) < 4.78 is 0. The zero-order valence-electron chi connectivity index (χ0n) is 10.1. The molecule has 0 fully saturated rings. The number of benzene rings is 2. The number of hydrogen-bond acceptors (Lipinski definition) is 0. The van der Waals surface area contributed by atoms with Gasteiger partial charge in [0.25, 0.3) is 0 Å². The van der Waals surface area contributed by atoms with Crippen molar-refractivity contribution in [2.24, 2.45) is 0 Å². The maximum Gasteiger partial charge on any atom is 0 e. The molecule has 0 spiro atoms. The Bertz CT molecular complexity index is 466. The fraction of sp³-hybridized carbons (Fsp3) is 0.286. The summed E-state index contributed by atoms with van der Waals surface area (Å²) in [7, 11) is 0.868. The van der Waals surface area contributed by atoms with Gasteiger partial charge in [0.1, 0.15) is 0 Å². The molecule has 2 aromatic rings. The van der Waals surface area contributed by atoms with Crippen LogP contribution in [0.3, 0.4) is 0 Å². The summed E-state index contributed by atoms with van der Waals surface area (Å²) in [5.74, 6) is 0. The number of rotatable bonds is 1. The maximum absolute atomic E-state index is 2.30. The first-order valence-corrected chi connectivity index (χ1v) is 6.32. The Hall–Kier alpha value is -0.805. The highest BCUT2D eigenvalue weighted by molar-refractivity contribution is 7.49. The van der Waals surface area contributed by atoms with Crippen molar-refractivity contribution in [1.29, 1.82) is 0 Å². The lowest BCUT2D eigenvalue weighted by atomic mass is 10.1. The van der Waals surface area contributed by atoms with Crippen molar-refractivity contribution >= 4 is 33.1 Å². The van der Waals surface area contributed by atoms with Crippen LogP contribution in [0.5, 0.6) is 0 Å². The quantitative estimate of drug-likeness (QED) is 0.516. The predicted molar refractivity (Wildman–Crippen MR) is 77.4 cm³/mol. The molecule has 0 aliphatic carbocycles. The summed E-state index contributed by atoms with van der Waals surface area (Å²) in [5, 5.41) is 4.63. The SMILES string of the molecule is CC(C)(C)Pc1cccc2ccccc12.[B]. The highest BCUT2D eigenvalue weighted by Crippen LogP contribution is 2.32. The summed E-state index contributed by atoms with van der Waals surface area (Å²) in [4.78, 5) is 0. The van der Waals surface area contributed by atoms with Crippen LogP contribution < -0.4 is 5.30 Å². The summed E-state index contributed by atoms with van der Waals surface area (Å²) >= 11 is 0. The molecule has 0 amide bonds. The van der Waals surface area contributed by atoms with E-state index in [1.807, 2.05) is 0 Å². The smallest absolute Gasteiger partial charge is 0 e. The minimum atomic E-state index is 0. The summed E-state index contributed by atoms with van der Waals surface area (Å²) in [6.45, 7) is 6.90. The molecule has 1 unspecified atom stereocenters. The number of hydrogen-bond donors (Lipinski definition) is 0. The van der Waals surface area contributed by atoms with Gasteiger partial charge in [-0.05, 0) is 21.2 Å². The Morgan fingerprint density at radius 3 is 2.19 bits per heavy atom. The van der Waals surface area contributed by atoms with Gasteiger partial charge in [-0.25, -0.2) is 0 Å². The molecule has 2 rings (SSSR count). The molecule has 0 nitrogen and oxygen atoms in total. The summed E-state index contributed by atoms with van der Waals surface area (Å²) in [5.41, 5.74) is 0. The topological polar surface area (TPSA) is 0 Å². The first-order chi connectivity index (χ1) is 7.06. The third-order valence-electron chi connectivity index (χ3n) is 2.30. The van der Waals surface area contributed by atoms with Gasteiger partial charge in [-0.15, -0.1) is 0 Å². The third-order valence-corrected chi connectivity index (χ3v) is 3.75. The standard InChI is InChI=1S/C14H17P.B/c1-14(2,3)15-13-10-6-8-11-7-4-5-9-12(11)13;/h4-10,15H,1-3H3;. The Labute approximate surface area is 102 Å². The van der Waals surface area contributed by atoms with Gasteiger partial charge >= 0.3 is 0 Å². The molecule has 0 aliphatic heterocycles. The van der Waals surface area contributed by atoms with Crippen molar-refractivity contribution in [3.63, 3.8) is 0 Å². The molecule has 3 radical (unpaired) electrons. The van der Waals surface area contributed by atoms with Crippen LogP contribution in [0.1, 0.15) is 20.8 Å². The molecule has 0 heterocycles. The van der Waals surface area contributed by atoms with Crippen molar-refractivity contribution in [2.45, 2.75) is 25.9 Å². The van der Waals surface area contributed by atoms with Crippen LogP contribution >= 0.6 is 8.58 Å². The molecular formula is C14H17BP. The fourth-order valence-corrected chi connectivity index (χ4v) is 3.09. The first-order valence-electron chi connectivity index (χ1n) is 5.32. The zero-order chi connectivity index (χ0) is 10.9. The molecule has 0 aromatic heterocycles. The molecule has 0 saturated heterocycles. The molecule has 0 saturated carbocycles. The van der Waals surface area contributed by atoms with Crippen molar-refractivity contribution in [3.05, 3.63) is 42.5 Å². The van der Waals surface area contributed by atoms with Gasteiger partial charge in [0.15, 0.2) is 0 Å². The van der Waals surface area contributed by atoms with E-state index in [0.29, 0.717) is 5.16 Å². The third kappa shape index (κ3) is 3.09. The fourth-order valence-electron chi connectivity index (χ4n) is 1.74. The van der Waals surface area contributed by atoms with Crippen molar-refractivity contribution in [1.82, 2.24) is 0 Å². The second-order valence-corrected chi connectivity index (χ2v) is 7.19. The van der Waals surface area contributed by atoms with Crippen LogP contribution in [0.2, 0.25) is 0 Å². The van der Waals surface area contributed by atoms with Gasteiger partial charge in [0.2, 0.25) is 0 Å². The molecule has 0 N–H and O–H groups in total. The maximum atomic E-state index is 2.30. The Morgan fingerprint density at radius 1 is 0.875 bits per heavy atom. The van der Waals surface area contributed by atoms with Gasteiger partial charge in [-0.1, -0.05) is 71.8 Å². The summed E-state index contributed by atoms with van der Waals surface area (Å²) in [6, 6.07) is 15.2. The Kier molecular flexibility index (Phi) is 4.16. The van der Waals surface area contributed by atoms with Crippen molar-refractivity contribution in [3.8, 4) is 0 Å². The van der Waals surface area contributed by atoms with E-state index in [2.05, 4.69) is 63.2 Å². The van der Waals surface area contributed by atoms with Gasteiger partial charge < -0.3 is 0 Å². The van der Waals surface area contributed by atoms with Crippen LogP contribution in [0.4, 0.5) is 0 Å². The van der Waals surface area contributed by atoms with Crippen LogP contribution in [-0.4, -0.2) is 13.6 Å². The average Bonchev–Trinajstić information content (AvgIpc) is 2.16. The van der Waals surface area contributed by atoms with E-state index < -0.39 is 0 Å². The van der Waals surface area contributed by atoms with Crippen LogP contribution in [0.15, 0.2) is 42.5 Å². The Morgan fingerprint density at radius 2 is 1.50 bits per heavy atom. The van der Waals surface area contributed by atoms with E-state index in [4.69, 9.17) is 0 Å².